The zero-order valence-corrected chi connectivity index (χ0v) is 11.1. The molecule has 0 unspecified atom stereocenters. The van der Waals surface area contributed by atoms with E-state index in [-0.39, 0.29) is 22.7 Å². The maximum atomic E-state index is 9.33. The molecule has 4 heteroatoms. The minimum absolute atomic E-state index is 0. The fourth-order valence-electron chi connectivity index (χ4n) is 1.55. The Kier molecular flexibility index (Phi) is 4.97. The van der Waals surface area contributed by atoms with E-state index < -0.39 is 0 Å². The minimum atomic E-state index is 0. The number of methoxy groups -OCH3 is 1. The monoisotopic (exact) mass is 295 g/mol. The molecular weight excluding hydrogens is 282 g/mol. The predicted molar refractivity (Wildman–Crippen MR) is 60.4 cm³/mol. The Bertz CT molecular complexity index is 471. The van der Waals surface area contributed by atoms with Gasteiger partial charge in [0.2, 0.25) is 6.20 Å². The summed E-state index contributed by atoms with van der Waals surface area (Å²) in [6.07, 6.45) is 3.62. The molecule has 0 bridgehead atoms. The Balaban J connectivity index is 0.00000144. The molecule has 1 N–H and O–H groups in total. The number of halogens is 1. The number of hydrogen-bond acceptors (Lipinski definition) is 2. The summed E-state index contributed by atoms with van der Waals surface area (Å²) in [5.41, 5.74) is 1.16. The Morgan fingerprint density at radius 2 is 1.88 bits per heavy atom. The molecule has 17 heavy (non-hydrogen) atoms. The highest BCUT2D eigenvalue weighted by molar-refractivity contribution is 5.26. The molecule has 0 aliphatic heterocycles. The molecule has 0 spiro atoms. The van der Waals surface area contributed by atoms with E-state index in [0.29, 0.717) is 0 Å². The van der Waals surface area contributed by atoms with Crippen LogP contribution >= 0.6 is 0 Å². The first kappa shape index (κ1) is 13.5. The summed E-state index contributed by atoms with van der Waals surface area (Å²) in [4.78, 5) is 0. The third kappa shape index (κ3) is 3.75. The van der Waals surface area contributed by atoms with Crippen LogP contribution in [-0.2, 0) is 6.54 Å². The van der Waals surface area contributed by atoms with E-state index in [0.717, 1.165) is 17.9 Å². The molecule has 2 aromatic rings. The van der Waals surface area contributed by atoms with Crippen molar-refractivity contribution < 1.29 is 31.4 Å². The van der Waals surface area contributed by atoms with Crippen LogP contribution < -0.4 is 26.3 Å². The van der Waals surface area contributed by atoms with E-state index >= 15 is 0 Å². The van der Waals surface area contributed by atoms with Crippen LogP contribution in [0.5, 0.6) is 11.5 Å². The van der Waals surface area contributed by atoms with Gasteiger partial charge in [0.15, 0.2) is 18.5 Å². The van der Waals surface area contributed by atoms with Crippen molar-refractivity contribution in [1.29, 1.82) is 0 Å². The van der Waals surface area contributed by atoms with Gasteiger partial charge in [0.1, 0.15) is 5.75 Å². The first-order valence-corrected chi connectivity index (χ1v) is 5.09. The molecule has 0 saturated carbocycles. The lowest BCUT2D eigenvalue weighted by atomic mass is 10.2. The lowest BCUT2D eigenvalue weighted by Gasteiger charge is -2.01. The van der Waals surface area contributed by atoms with E-state index in [4.69, 9.17) is 4.74 Å². The van der Waals surface area contributed by atoms with Gasteiger partial charge < -0.3 is 26.8 Å². The molecule has 1 heterocycles. The number of aromatic nitrogens is 1. The number of hydrogen-bond donors (Lipinski definition) is 1. The van der Waals surface area contributed by atoms with Crippen LogP contribution in [0.25, 0.3) is 0 Å². The summed E-state index contributed by atoms with van der Waals surface area (Å²) in [5.74, 6) is 1.13. The van der Waals surface area contributed by atoms with Crippen molar-refractivity contribution in [3.63, 3.8) is 0 Å². The Morgan fingerprint density at radius 1 is 1.18 bits per heavy atom. The zero-order valence-electron chi connectivity index (χ0n) is 9.51. The normalized spacial score (nSPS) is 9.47. The number of pyridine rings is 1. The second-order valence-electron chi connectivity index (χ2n) is 3.58. The molecule has 90 valence electrons. The Labute approximate surface area is 111 Å². The fraction of sp³-hybridized carbons (Fsp3) is 0.154. The minimum Gasteiger partial charge on any atom is -1.00 e. The van der Waals surface area contributed by atoms with Crippen molar-refractivity contribution in [3.05, 3.63) is 54.4 Å². The molecule has 0 aliphatic carbocycles. The first-order valence-electron chi connectivity index (χ1n) is 5.09. The van der Waals surface area contributed by atoms with Gasteiger partial charge >= 0.3 is 0 Å². The maximum Gasteiger partial charge on any atom is 0.211 e. The first-order chi connectivity index (χ1) is 7.78. The van der Waals surface area contributed by atoms with Gasteiger partial charge in [-0.05, 0) is 30.3 Å². The van der Waals surface area contributed by atoms with Gasteiger partial charge in [0, 0.05) is 11.6 Å². The van der Waals surface area contributed by atoms with E-state index in [2.05, 4.69) is 0 Å². The van der Waals surface area contributed by atoms with E-state index in [1.165, 1.54) is 0 Å². The summed E-state index contributed by atoms with van der Waals surface area (Å²) >= 11 is 0. The van der Waals surface area contributed by atoms with Gasteiger partial charge in [-0.1, -0.05) is 0 Å². The van der Waals surface area contributed by atoms with Crippen LogP contribution in [0, 0.1) is 0 Å². The number of nitrogens with zero attached hydrogens (tertiary/aromatic N) is 1. The molecule has 0 fully saturated rings. The highest BCUT2D eigenvalue weighted by atomic mass is 79.9. The second kappa shape index (κ2) is 6.25. The van der Waals surface area contributed by atoms with Gasteiger partial charge in [-0.2, -0.15) is 4.57 Å². The van der Waals surface area contributed by atoms with Crippen molar-refractivity contribution in [2.75, 3.05) is 7.11 Å². The molecule has 0 radical (unpaired) electrons. The van der Waals surface area contributed by atoms with Gasteiger partial charge in [0.05, 0.1) is 7.11 Å². The van der Waals surface area contributed by atoms with Crippen LogP contribution in [0.15, 0.2) is 48.8 Å². The highest BCUT2D eigenvalue weighted by Gasteiger charge is 2.03. The molecular formula is C13H14BrNO2. The molecule has 3 nitrogen and oxygen atoms in total. The van der Waals surface area contributed by atoms with Crippen LogP contribution in [0.4, 0.5) is 0 Å². The second-order valence-corrected chi connectivity index (χ2v) is 3.58. The van der Waals surface area contributed by atoms with Crippen molar-refractivity contribution in [3.8, 4) is 11.5 Å². The molecule has 0 atom stereocenters. The Morgan fingerprint density at radius 3 is 2.47 bits per heavy atom. The van der Waals surface area contributed by atoms with Crippen LogP contribution in [-0.4, -0.2) is 12.2 Å². The third-order valence-electron chi connectivity index (χ3n) is 2.37. The van der Waals surface area contributed by atoms with Crippen molar-refractivity contribution >= 4 is 0 Å². The number of ether oxygens (including phenoxy) is 1. The molecule has 0 aliphatic rings. The summed E-state index contributed by atoms with van der Waals surface area (Å²) < 4.78 is 7.02. The van der Waals surface area contributed by atoms with E-state index in [1.54, 1.807) is 19.4 Å². The maximum absolute atomic E-state index is 9.33. The topological polar surface area (TPSA) is 33.3 Å². The number of rotatable bonds is 3. The number of benzene rings is 1. The number of aromatic hydroxyl groups is 1. The molecule has 1 aromatic carbocycles. The van der Waals surface area contributed by atoms with Crippen LogP contribution in [0.1, 0.15) is 5.56 Å². The summed E-state index contributed by atoms with van der Waals surface area (Å²) in [7, 11) is 1.65. The van der Waals surface area contributed by atoms with Crippen molar-refractivity contribution in [1.82, 2.24) is 0 Å². The fourth-order valence-corrected chi connectivity index (χ4v) is 1.55. The zero-order chi connectivity index (χ0) is 11.4. The van der Waals surface area contributed by atoms with E-state index in [1.807, 2.05) is 41.1 Å². The lowest BCUT2D eigenvalue weighted by molar-refractivity contribution is -0.688. The smallest absolute Gasteiger partial charge is 0.211 e. The van der Waals surface area contributed by atoms with Crippen molar-refractivity contribution in [2.24, 2.45) is 0 Å². The molecule has 2 rings (SSSR count). The van der Waals surface area contributed by atoms with Gasteiger partial charge in [0.25, 0.3) is 0 Å². The highest BCUT2D eigenvalue weighted by Crippen LogP contribution is 2.11. The average Bonchev–Trinajstić information content (AvgIpc) is 2.30. The van der Waals surface area contributed by atoms with Gasteiger partial charge in [-0.15, -0.1) is 0 Å². The predicted octanol–water partition coefficient (Wildman–Crippen LogP) is -1.26. The van der Waals surface area contributed by atoms with Crippen molar-refractivity contribution in [2.45, 2.75) is 6.54 Å². The van der Waals surface area contributed by atoms with E-state index in [9.17, 15) is 5.11 Å². The SMILES string of the molecule is COc1ccc(C[n+]2cccc(O)c2)cc1.[Br-]. The molecule has 1 aromatic heterocycles. The van der Waals surface area contributed by atoms with Crippen LogP contribution in [0.2, 0.25) is 0 Å². The molecule has 0 saturated heterocycles. The summed E-state index contributed by atoms with van der Waals surface area (Å²) in [6.45, 7) is 0.735. The third-order valence-corrected chi connectivity index (χ3v) is 2.37. The summed E-state index contributed by atoms with van der Waals surface area (Å²) in [6, 6.07) is 11.4. The van der Waals surface area contributed by atoms with Gasteiger partial charge in [-0.3, -0.25) is 0 Å². The Hall–Kier alpha value is -1.55. The molecule has 0 amide bonds. The lowest BCUT2D eigenvalue weighted by Crippen LogP contribution is -3.00. The average molecular weight is 296 g/mol. The van der Waals surface area contributed by atoms with Crippen LogP contribution in [0.3, 0.4) is 0 Å². The standard InChI is InChI=1S/C13H13NO2.BrH/c1-16-13-6-4-11(5-7-13)9-14-8-2-3-12(15)10-14;/h2-8,10H,9H2,1H3;1H. The summed E-state index contributed by atoms with van der Waals surface area (Å²) in [5, 5.41) is 9.33. The largest absolute Gasteiger partial charge is 1.00 e. The van der Waals surface area contributed by atoms with Gasteiger partial charge in [-0.25, -0.2) is 0 Å². The quantitative estimate of drug-likeness (QED) is 0.718.